The van der Waals surface area contributed by atoms with E-state index in [1.165, 1.54) is 17.9 Å². The van der Waals surface area contributed by atoms with Gasteiger partial charge in [0, 0.05) is 25.6 Å². The number of hydrazone groups is 1. The Hall–Kier alpha value is -0.510. The quantitative estimate of drug-likeness (QED) is 0.410. The Morgan fingerprint density at radius 3 is 2.67 bits per heavy atom. The lowest BCUT2D eigenvalue weighted by atomic mass is 10.4. The third kappa shape index (κ3) is 4.69. The normalized spacial score (nSPS) is 17.8. The van der Waals surface area contributed by atoms with Crippen molar-refractivity contribution in [1.29, 1.82) is 0 Å². The molecule has 1 rings (SSSR count). The lowest BCUT2D eigenvalue weighted by molar-refractivity contribution is 0.289. The molecule has 1 fully saturated rings. The molecular weight excluding hydrogens is 206 g/mol. The standard InChI is InChI=1S/C11H21N3S/c1-5-12-8-15-11(10-6-7-10)13-14(4)9(2)3/h8-10H,5-7H2,1-4H3/b12-8+,13-11-. The summed E-state index contributed by atoms with van der Waals surface area (Å²) in [5.41, 5.74) is 1.92. The predicted octanol–water partition coefficient (Wildman–Crippen LogP) is 2.83. The second-order valence-electron chi connectivity index (χ2n) is 4.10. The van der Waals surface area contributed by atoms with E-state index in [1.54, 1.807) is 11.8 Å². The minimum Gasteiger partial charge on any atom is -0.297 e. The van der Waals surface area contributed by atoms with Gasteiger partial charge in [0.2, 0.25) is 0 Å². The molecule has 0 N–H and O–H groups in total. The maximum absolute atomic E-state index is 4.63. The van der Waals surface area contributed by atoms with Gasteiger partial charge in [0.15, 0.2) is 0 Å². The van der Waals surface area contributed by atoms with Crippen LogP contribution in [0.1, 0.15) is 33.6 Å². The second kappa shape index (κ2) is 6.16. The highest BCUT2D eigenvalue weighted by Crippen LogP contribution is 2.34. The Bertz CT molecular complexity index is 244. The van der Waals surface area contributed by atoms with Crippen LogP contribution in [0.25, 0.3) is 0 Å². The summed E-state index contributed by atoms with van der Waals surface area (Å²) in [6.45, 7) is 7.20. The first-order valence-electron chi connectivity index (χ1n) is 5.61. The first-order valence-corrected chi connectivity index (χ1v) is 6.49. The molecule has 0 aromatic heterocycles. The molecule has 0 aliphatic heterocycles. The van der Waals surface area contributed by atoms with Crippen molar-refractivity contribution in [1.82, 2.24) is 5.01 Å². The van der Waals surface area contributed by atoms with E-state index in [-0.39, 0.29) is 0 Å². The minimum atomic E-state index is 0.461. The van der Waals surface area contributed by atoms with Crippen LogP contribution in [0.5, 0.6) is 0 Å². The Morgan fingerprint density at radius 1 is 1.53 bits per heavy atom. The fraction of sp³-hybridized carbons (Fsp3) is 0.818. The van der Waals surface area contributed by atoms with Crippen LogP contribution in [0.3, 0.4) is 0 Å². The molecule has 1 aliphatic rings. The predicted molar refractivity (Wildman–Crippen MR) is 69.7 cm³/mol. The fourth-order valence-corrected chi connectivity index (χ4v) is 1.90. The number of thioether (sulfide) groups is 1. The third-order valence-electron chi connectivity index (χ3n) is 2.36. The van der Waals surface area contributed by atoms with Crippen molar-refractivity contribution in [3.05, 3.63) is 0 Å². The van der Waals surface area contributed by atoms with Gasteiger partial charge in [0.05, 0.1) is 5.55 Å². The molecule has 0 atom stereocenters. The zero-order valence-electron chi connectivity index (χ0n) is 10.1. The van der Waals surface area contributed by atoms with Crippen molar-refractivity contribution in [3.8, 4) is 0 Å². The van der Waals surface area contributed by atoms with Crippen molar-refractivity contribution in [2.75, 3.05) is 13.6 Å². The lowest BCUT2D eigenvalue weighted by Crippen LogP contribution is -2.22. The van der Waals surface area contributed by atoms with Crippen molar-refractivity contribution < 1.29 is 0 Å². The molecule has 15 heavy (non-hydrogen) atoms. The van der Waals surface area contributed by atoms with E-state index in [1.807, 2.05) is 24.5 Å². The van der Waals surface area contributed by atoms with Crippen LogP contribution >= 0.6 is 11.8 Å². The highest BCUT2D eigenvalue weighted by molar-refractivity contribution is 8.25. The largest absolute Gasteiger partial charge is 0.297 e. The summed E-state index contributed by atoms with van der Waals surface area (Å²) < 4.78 is 0. The molecule has 0 bridgehead atoms. The number of rotatable bonds is 5. The molecule has 0 aromatic carbocycles. The van der Waals surface area contributed by atoms with Crippen LogP contribution in [0, 0.1) is 5.92 Å². The Balaban J connectivity index is 2.52. The minimum absolute atomic E-state index is 0.461. The van der Waals surface area contributed by atoms with Crippen LogP contribution in [0.15, 0.2) is 10.1 Å². The van der Waals surface area contributed by atoms with Gasteiger partial charge in [0.25, 0.3) is 0 Å². The van der Waals surface area contributed by atoms with E-state index in [4.69, 9.17) is 0 Å². The van der Waals surface area contributed by atoms with Crippen molar-refractivity contribution in [3.63, 3.8) is 0 Å². The van der Waals surface area contributed by atoms with Gasteiger partial charge >= 0.3 is 0 Å². The SMILES string of the molecule is CC/N=C/S/C(=N\N(C)C(C)C)C1CC1. The van der Waals surface area contributed by atoms with E-state index >= 15 is 0 Å². The van der Waals surface area contributed by atoms with Gasteiger partial charge < -0.3 is 0 Å². The number of nitrogens with zero attached hydrogens (tertiary/aromatic N) is 3. The highest BCUT2D eigenvalue weighted by atomic mass is 32.2. The average Bonchev–Trinajstić information content (AvgIpc) is 2.99. The number of aliphatic imine (C=N–C) groups is 1. The topological polar surface area (TPSA) is 28.0 Å². The molecule has 0 radical (unpaired) electrons. The van der Waals surface area contributed by atoms with E-state index in [9.17, 15) is 0 Å². The zero-order chi connectivity index (χ0) is 11.3. The van der Waals surface area contributed by atoms with Crippen LogP contribution < -0.4 is 0 Å². The molecule has 0 amide bonds. The van der Waals surface area contributed by atoms with Gasteiger partial charge in [-0.1, -0.05) is 11.8 Å². The molecule has 0 saturated heterocycles. The molecule has 86 valence electrons. The van der Waals surface area contributed by atoms with E-state index in [0.29, 0.717) is 12.0 Å². The molecule has 0 spiro atoms. The Labute approximate surface area is 97.0 Å². The van der Waals surface area contributed by atoms with Crippen LogP contribution in [0.4, 0.5) is 0 Å². The molecule has 4 heteroatoms. The van der Waals surface area contributed by atoms with Crippen LogP contribution in [-0.4, -0.2) is 35.2 Å². The smallest absolute Gasteiger partial charge is 0.102 e. The van der Waals surface area contributed by atoms with Gasteiger partial charge in [-0.2, -0.15) is 5.10 Å². The summed E-state index contributed by atoms with van der Waals surface area (Å²) in [6.07, 6.45) is 2.58. The second-order valence-corrected chi connectivity index (χ2v) is 4.97. The molecule has 3 nitrogen and oxygen atoms in total. The number of hydrogen-bond donors (Lipinski definition) is 0. The van der Waals surface area contributed by atoms with Crippen LogP contribution in [-0.2, 0) is 0 Å². The van der Waals surface area contributed by atoms with Crippen molar-refractivity contribution >= 4 is 22.4 Å². The zero-order valence-corrected chi connectivity index (χ0v) is 10.9. The van der Waals surface area contributed by atoms with Gasteiger partial charge in [0.1, 0.15) is 5.04 Å². The van der Waals surface area contributed by atoms with Crippen LogP contribution in [0.2, 0.25) is 0 Å². The summed E-state index contributed by atoms with van der Waals surface area (Å²) in [6, 6.07) is 0.461. The summed E-state index contributed by atoms with van der Waals surface area (Å²) in [5.74, 6) is 0.694. The molecule has 1 aliphatic carbocycles. The summed E-state index contributed by atoms with van der Waals surface area (Å²) in [5, 5.41) is 7.89. The highest BCUT2D eigenvalue weighted by Gasteiger charge is 2.28. The molecule has 1 saturated carbocycles. The summed E-state index contributed by atoms with van der Waals surface area (Å²) in [7, 11) is 2.03. The third-order valence-corrected chi connectivity index (χ3v) is 3.27. The van der Waals surface area contributed by atoms with E-state index in [2.05, 4.69) is 23.9 Å². The van der Waals surface area contributed by atoms with Gasteiger partial charge in [-0.15, -0.1) is 0 Å². The maximum atomic E-state index is 4.63. The monoisotopic (exact) mass is 227 g/mol. The summed E-state index contributed by atoms with van der Waals surface area (Å²) >= 11 is 1.68. The first kappa shape index (κ1) is 12.6. The number of hydrogen-bond acceptors (Lipinski definition) is 4. The molecule has 0 heterocycles. The molecule has 0 aromatic rings. The first-order chi connectivity index (χ1) is 7.15. The lowest BCUT2D eigenvalue weighted by Gasteiger charge is -2.18. The molecule has 0 unspecified atom stereocenters. The van der Waals surface area contributed by atoms with Crippen molar-refractivity contribution in [2.45, 2.75) is 39.7 Å². The fourth-order valence-electron chi connectivity index (χ4n) is 0.968. The maximum Gasteiger partial charge on any atom is 0.102 e. The molecular formula is C11H21N3S. The van der Waals surface area contributed by atoms with Crippen molar-refractivity contribution in [2.24, 2.45) is 16.0 Å². The van der Waals surface area contributed by atoms with Gasteiger partial charge in [-0.05, 0) is 33.6 Å². The Kier molecular flexibility index (Phi) is 5.15. The van der Waals surface area contributed by atoms with E-state index in [0.717, 1.165) is 6.54 Å². The average molecular weight is 227 g/mol. The van der Waals surface area contributed by atoms with Gasteiger partial charge in [-0.25, -0.2) is 0 Å². The van der Waals surface area contributed by atoms with E-state index < -0.39 is 0 Å². The summed E-state index contributed by atoms with van der Waals surface area (Å²) in [4.78, 5) is 4.21. The van der Waals surface area contributed by atoms with Gasteiger partial charge in [-0.3, -0.25) is 10.0 Å². The Morgan fingerprint density at radius 2 is 2.20 bits per heavy atom.